The molecule has 0 aromatic heterocycles. The summed E-state index contributed by atoms with van der Waals surface area (Å²) < 4.78 is 28.2. The number of halogens is 2. The predicted octanol–water partition coefficient (Wildman–Crippen LogP) is 3.02. The van der Waals surface area contributed by atoms with E-state index in [4.69, 9.17) is 4.74 Å². The predicted molar refractivity (Wildman–Crippen MR) is 60.6 cm³/mol. The molecule has 1 fully saturated rings. The highest BCUT2D eigenvalue weighted by Crippen LogP contribution is 2.10. The van der Waals surface area contributed by atoms with Crippen LogP contribution in [0, 0.1) is 0 Å². The zero-order chi connectivity index (χ0) is 12.3. The van der Waals surface area contributed by atoms with E-state index in [1.54, 1.807) is 0 Å². The summed E-state index contributed by atoms with van der Waals surface area (Å²) in [6.45, 7) is 9.32. The average Bonchev–Trinajstić information content (AvgIpc) is 2.67. The first-order valence-corrected chi connectivity index (χ1v) is 5.77. The van der Waals surface area contributed by atoms with Gasteiger partial charge in [0.15, 0.2) is 0 Å². The number of ether oxygens (including phenoxy) is 1. The monoisotopic (exact) mass is 225 g/mol. The molecule has 15 heavy (non-hydrogen) atoms. The van der Waals surface area contributed by atoms with E-state index < -0.39 is 13.0 Å². The van der Waals surface area contributed by atoms with Crippen LogP contribution in [-0.2, 0) is 4.74 Å². The van der Waals surface area contributed by atoms with Gasteiger partial charge in [0.25, 0.3) is 6.43 Å². The molecule has 4 heteroatoms. The minimum Gasteiger partial charge on any atom is -0.371 e. The fourth-order valence-corrected chi connectivity index (χ4v) is 1.24. The Morgan fingerprint density at radius 3 is 2.13 bits per heavy atom. The maximum Gasteiger partial charge on any atom is 0.261 e. The summed E-state index contributed by atoms with van der Waals surface area (Å²) in [7, 11) is 1.96. The summed E-state index contributed by atoms with van der Waals surface area (Å²) in [5.41, 5.74) is 0. The zero-order valence-corrected chi connectivity index (χ0v) is 10.6. The van der Waals surface area contributed by atoms with Crippen LogP contribution in [-0.4, -0.2) is 44.2 Å². The molecule has 0 spiro atoms. The Balaban J connectivity index is 0. The van der Waals surface area contributed by atoms with E-state index in [-0.39, 0.29) is 6.10 Å². The van der Waals surface area contributed by atoms with Crippen molar-refractivity contribution in [3.05, 3.63) is 0 Å². The van der Waals surface area contributed by atoms with Crippen LogP contribution in [0.25, 0.3) is 0 Å². The third-order valence-corrected chi connectivity index (χ3v) is 1.81. The Bertz CT molecular complexity index is 123. The van der Waals surface area contributed by atoms with Gasteiger partial charge in [-0.1, -0.05) is 27.7 Å². The minimum atomic E-state index is -2.33. The van der Waals surface area contributed by atoms with Crippen LogP contribution in [0.1, 0.15) is 34.1 Å². The summed E-state index contributed by atoms with van der Waals surface area (Å²) in [6, 6.07) is 0. The smallest absolute Gasteiger partial charge is 0.261 e. The molecule has 1 aliphatic rings. The van der Waals surface area contributed by atoms with Crippen molar-refractivity contribution in [3.8, 4) is 0 Å². The second-order valence-corrected chi connectivity index (χ2v) is 2.90. The van der Waals surface area contributed by atoms with E-state index in [9.17, 15) is 8.78 Å². The lowest BCUT2D eigenvalue weighted by Gasteiger charge is -2.10. The molecule has 0 bridgehead atoms. The highest BCUT2D eigenvalue weighted by atomic mass is 19.3. The maximum atomic E-state index is 11.6. The van der Waals surface area contributed by atoms with Crippen LogP contribution in [0.5, 0.6) is 0 Å². The lowest BCUT2D eigenvalue weighted by Crippen LogP contribution is -2.21. The third kappa shape index (κ3) is 10.1. The van der Waals surface area contributed by atoms with Gasteiger partial charge in [-0.2, -0.15) is 0 Å². The van der Waals surface area contributed by atoms with Crippen LogP contribution in [0.4, 0.5) is 8.78 Å². The van der Waals surface area contributed by atoms with Gasteiger partial charge in [0.2, 0.25) is 0 Å². The van der Waals surface area contributed by atoms with Gasteiger partial charge >= 0.3 is 0 Å². The molecule has 0 N–H and O–H groups in total. The number of alkyl halides is 2. The van der Waals surface area contributed by atoms with Crippen LogP contribution in [0.2, 0.25) is 0 Å². The Hall–Kier alpha value is -0.220. The highest BCUT2D eigenvalue weighted by molar-refractivity contribution is 4.72. The fraction of sp³-hybridized carbons (Fsp3) is 1.00. The van der Waals surface area contributed by atoms with Gasteiger partial charge in [-0.25, -0.2) is 8.78 Å². The second kappa shape index (κ2) is 11.9. The van der Waals surface area contributed by atoms with Crippen LogP contribution < -0.4 is 0 Å². The molecular weight excluding hydrogens is 200 g/mol. The van der Waals surface area contributed by atoms with Crippen molar-refractivity contribution in [2.24, 2.45) is 0 Å². The number of hydrogen-bond acceptors (Lipinski definition) is 2. The lowest BCUT2D eigenvalue weighted by molar-refractivity contribution is -0.0190. The average molecular weight is 225 g/mol. The molecule has 0 radical (unpaired) electrons. The SMILES string of the molecule is CC.CC.CN1CCC(OCC(F)F)C1. The molecule has 1 rings (SSSR count). The van der Waals surface area contributed by atoms with E-state index >= 15 is 0 Å². The maximum absolute atomic E-state index is 11.6. The normalized spacial score (nSPS) is 20.4. The molecular formula is C11H25F2NO. The Kier molecular flexibility index (Phi) is 13.6. The van der Waals surface area contributed by atoms with Crippen LogP contribution >= 0.6 is 0 Å². The first-order valence-electron chi connectivity index (χ1n) is 5.77. The van der Waals surface area contributed by atoms with Crippen molar-refractivity contribution in [2.45, 2.75) is 46.6 Å². The largest absolute Gasteiger partial charge is 0.371 e. The summed E-state index contributed by atoms with van der Waals surface area (Å²) in [5.74, 6) is 0. The number of likely N-dealkylation sites (tertiary alicyclic amines) is 1. The van der Waals surface area contributed by atoms with Gasteiger partial charge in [-0.15, -0.1) is 0 Å². The first kappa shape index (κ1) is 17.2. The number of rotatable bonds is 3. The molecule has 1 atom stereocenters. The topological polar surface area (TPSA) is 12.5 Å². The second-order valence-electron chi connectivity index (χ2n) is 2.90. The molecule has 1 unspecified atom stereocenters. The molecule has 94 valence electrons. The number of nitrogens with zero attached hydrogens (tertiary/aromatic N) is 1. The van der Waals surface area contributed by atoms with Gasteiger partial charge in [0.1, 0.15) is 6.61 Å². The van der Waals surface area contributed by atoms with Gasteiger partial charge in [0, 0.05) is 13.1 Å². The summed E-state index contributed by atoms with van der Waals surface area (Å²) in [5, 5.41) is 0. The number of likely N-dealkylation sites (N-methyl/N-ethyl adjacent to an activating group) is 1. The number of hydrogen-bond donors (Lipinski definition) is 0. The molecule has 2 nitrogen and oxygen atoms in total. The van der Waals surface area contributed by atoms with Crippen LogP contribution in [0.3, 0.4) is 0 Å². The van der Waals surface area contributed by atoms with Crippen molar-refractivity contribution in [3.63, 3.8) is 0 Å². The van der Waals surface area contributed by atoms with E-state index in [1.165, 1.54) is 0 Å². The van der Waals surface area contributed by atoms with Crippen LogP contribution in [0.15, 0.2) is 0 Å². The molecule has 1 saturated heterocycles. The molecule has 0 aliphatic carbocycles. The van der Waals surface area contributed by atoms with Gasteiger partial charge in [-0.3, -0.25) is 0 Å². The van der Waals surface area contributed by atoms with Gasteiger partial charge in [0.05, 0.1) is 6.10 Å². The Labute approximate surface area is 92.6 Å². The molecule has 1 heterocycles. The zero-order valence-electron chi connectivity index (χ0n) is 10.6. The quantitative estimate of drug-likeness (QED) is 0.732. The van der Waals surface area contributed by atoms with E-state index in [0.717, 1.165) is 19.5 Å². The molecule has 0 aromatic carbocycles. The van der Waals surface area contributed by atoms with E-state index in [1.807, 2.05) is 34.7 Å². The molecule has 0 aromatic rings. The van der Waals surface area contributed by atoms with Crippen molar-refractivity contribution in [1.29, 1.82) is 0 Å². The third-order valence-electron chi connectivity index (χ3n) is 1.81. The van der Waals surface area contributed by atoms with Gasteiger partial charge < -0.3 is 9.64 Å². The molecule has 1 aliphatic heterocycles. The van der Waals surface area contributed by atoms with Crippen molar-refractivity contribution in [1.82, 2.24) is 4.90 Å². The first-order chi connectivity index (χ1) is 7.18. The van der Waals surface area contributed by atoms with E-state index in [0.29, 0.717) is 0 Å². The Morgan fingerprint density at radius 2 is 1.80 bits per heavy atom. The van der Waals surface area contributed by atoms with Crippen molar-refractivity contribution < 1.29 is 13.5 Å². The summed E-state index contributed by atoms with van der Waals surface area (Å²) in [6.07, 6.45) is -1.43. The summed E-state index contributed by atoms with van der Waals surface area (Å²) >= 11 is 0. The van der Waals surface area contributed by atoms with Crippen molar-refractivity contribution in [2.75, 3.05) is 26.7 Å². The summed E-state index contributed by atoms with van der Waals surface area (Å²) in [4.78, 5) is 2.08. The molecule has 0 saturated carbocycles. The minimum absolute atomic E-state index is 0.0222. The van der Waals surface area contributed by atoms with E-state index in [2.05, 4.69) is 4.90 Å². The molecule has 0 amide bonds. The fourth-order valence-electron chi connectivity index (χ4n) is 1.24. The lowest BCUT2D eigenvalue weighted by atomic mass is 10.3. The Morgan fingerprint density at radius 1 is 1.27 bits per heavy atom. The highest BCUT2D eigenvalue weighted by Gasteiger charge is 2.20. The standard InChI is InChI=1S/C7H13F2NO.2C2H6/c1-10-3-2-6(4-10)11-5-7(8)9;2*1-2/h6-7H,2-5H2,1H3;2*1-2H3. The van der Waals surface area contributed by atoms with Gasteiger partial charge in [-0.05, 0) is 13.5 Å². The van der Waals surface area contributed by atoms with Crippen molar-refractivity contribution >= 4 is 0 Å².